The fraction of sp³-hybridized carbons (Fsp3) is 0.889. The normalized spacial score (nSPS) is 27.5. The molecule has 1 N–H and O–H groups in total. The van der Waals surface area contributed by atoms with Gasteiger partial charge in [-0.05, 0) is 19.3 Å². The third-order valence-corrected chi connectivity index (χ3v) is 3.13. The topological polar surface area (TPSA) is 29.1 Å². The van der Waals surface area contributed by atoms with Crippen molar-refractivity contribution >= 4 is 21.8 Å². The summed E-state index contributed by atoms with van der Waals surface area (Å²) in [6, 6.07) is -0.324. The fourth-order valence-corrected chi connectivity index (χ4v) is 2.05. The molecule has 0 aliphatic heterocycles. The van der Waals surface area contributed by atoms with Gasteiger partial charge in [0.2, 0.25) is 5.91 Å². The van der Waals surface area contributed by atoms with E-state index < -0.39 is 12.1 Å². The zero-order valence-electron chi connectivity index (χ0n) is 8.11. The van der Waals surface area contributed by atoms with Gasteiger partial charge in [-0.2, -0.15) is 13.2 Å². The highest BCUT2D eigenvalue weighted by molar-refractivity contribution is 9.09. The minimum atomic E-state index is -4.13. The van der Waals surface area contributed by atoms with Gasteiger partial charge in [0.05, 0.1) is 11.2 Å². The van der Waals surface area contributed by atoms with Crippen molar-refractivity contribution in [1.29, 1.82) is 0 Å². The van der Waals surface area contributed by atoms with E-state index in [1.54, 1.807) is 0 Å². The average molecular weight is 288 g/mol. The van der Waals surface area contributed by atoms with Crippen molar-refractivity contribution in [2.75, 3.05) is 5.33 Å². The average Bonchev–Trinajstić information content (AvgIpc) is 2.17. The van der Waals surface area contributed by atoms with Crippen molar-refractivity contribution < 1.29 is 18.0 Å². The Balaban J connectivity index is 2.46. The van der Waals surface area contributed by atoms with Crippen LogP contribution in [0.4, 0.5) is 13.2 Å². The highest BCUT2D eigenvalue weighted by atomic mass is 79.9. The van der Waals surface area contributed by atoms with E-state index in [0.29, 0.717) is 12.8 Å². The van der Waals surface area contributed by atoms with Crippen LogP contribution in [0.25, 0.3) is 0 Å². The van der Waals surface area contributed by atoms with Crippen LogP contribution < -0.4 is 5.32 Å². The summed E-state index contributed by atoms with van der Waals surface area (Å²) in [4.78, 5) is 11.0. The lowest BCUT2D eigenvalue weighted by atomic mass is 9.85. The van der Waals surface area contributed by atoms with E-state index in [2.05, 4.69) is 21.2 Å². The zero-order chi connectivity index (χ0) is 11.5. The van der Waals surface area contributed by atoms with Crippen LogP contribution in [-0.4, -0.2) is 23.5 Å². The number of carbonyl (C=O) groups is 1. The van der Waals surface area contributed by atoms with Gasteiger partial charge in [0, 0.05) is 6.04 Å². The molecular weight excluding hydrogens is 275 g/mol. The van der Waals surface area contributed by atoms with Gasteiger partial charge in [0.15, 0.2) is 0 Å². The molecule has 0 heterocycles. The van der Waals surface area contributed by atoms with Gasteiger partial charge in [-0.25, -0.2) is 0 Å². The van der Waals surface area contributed by atoms with Gasteiger partial charge in [0.25, 0.3) is 0 Å². The maximum atomic E-state index is 12.4. The highest BCUT2D eigenvalue weighted by Crippen LogP contribution is 2.37. The number of amides is 1. The Morgan fingerprint density at radius 2 is 2.07 bits per heavy atom. The molecule has 6 heteroatoms. The molecule has 0 saturated heterocycles. The van der Waals surface area contributed by atoms with E-state index in [0.717, 1.165) is 0 Å². The van der Waals surface area contributed by atoms with Crippen LogP contribution in [0.5, 0.6) is 0 Å². The van der Waals surface area contributed by atoms with Crippen LogP contribution in [0.3, 0.4) is 0 Å². The first-order valence-electron chi connectivity index (χ1n) is 4.85. The summed E-state index contributed by atoms with van der Waals surface area (Å²) in [5.74, 6) is -1.50. The quantitative estimate of drug-likeness (QED) is 0.778. The monoisotopic (exact) mass is 287 g/mol. The molecular formula is C9H13BrF3NO. The number of alkyl halides is 4. The maximum absolute atomic E-state index is 12.4. The number of carbonyl (C=O) groups excluding carboxylic acids is 1. The minimum absolute atomic E-state index is 0.0161. The molecule has 88 valence electrons. The van der Waals surface area contributed by atoms with Gasteiger partial charge < -0.3 is 5.32 Å². The van der Waals surface area contributed by atoms with Crippen molar-refractivity contribution in [3.63, 3.8) is 0 Å². The van der Waals surface area contributed by atoms with Crippen LogP contribution in [0.15, 0.2) is 0 Å². The molecule has 1 saturated carbocycles. The van der Waals surface area contributed by atoms with Crippen molar-refractivity contribution in [2.24, 2.45) is 5.92 Å². The van der Waals surface area contributed by atoms with Gasteiger partial charge in [0.1, 0.15) is 0 Å². The van der Waals surface area contributed by atoms with E-state index in [-0.39, 0.29) is 30.1 Å². The predicted molar refractivity (Wildman–Crippen MR) is 53.7 cm³/mol. The van der Waals surface area contributed by atoms with Gasteiger partial charge in [-0.1, -0.05) is 22.4 Å². The molecule has 0 spiro atoms. The summed E-state index contributed by atoms with van der Waals surface area (Å²) >= 11 is 2.96. The fourth-order valence-electron chi connectivity index (χ4n) is 1.88. The molecule has 1 aliphatic carbocycles. The number of rotatable bonds is 2. The summed E-state index contributed by atoms with van der Waals surface area (Å²) in [5, 5.41) is 2.72. The van der Waals surface area contributed by atoms with Gasteiger partial charge in [-0.15, -0.1) is 0 Å². The number of halogens is 4. The van der Waals surface area contributed by atoms with Crippen molar-refractivity contribution in [1.82, 2.24) is 5.32 Å². The van der Waals surface area contributed by atoms with Crippen LogP contribution in [0.2, 0.25) is 0 Å². The summed E-state index contributed by atoms with van der Waals surface area (Å²) in [5.41, 5.74) is 0. The molecule has 2 atom stereocenters. The third kappa shape index (κ3) is 4.01. The minimum Gasteiger partial charge on any atom is -0.353 e. The first-order chi connectivity index (χ1) is 6.93. The Bertz CT molecular complexity index is 232. The number of hydrogen-bond acceptors (Lipinski definition) is 1. The molecule has 0 bridgehead atoms. The molecule has 1 aliphatic rings. The van der Waals surface area contributed by atoms with Crippen molar-refractivity contribution in [3.8, 4) is 0 Å². The van der Waals surface area contributed by atoms with Crippen LogP contribution >= 0.6 is 15.9 Å². The lowest BCUT2D eigenvalue weighted by Crippen LogP contribution is -2.41. The summed E-state index contributed by atoms with van der Waals surface area (Å²) in [7, 11) is 0. The van der Waals surface area contributed by atoms with E-state index in [1.165, 1.54) is 0 Å². The first-order valence-corrected chi connectivity index (χ1v) is 5.97. The standard InChI is InChI=1S/C9H13BrF3NO/c10-5-8(15)14-7-3-1-2-6(4-7)9(11,12)13/h6-7H,1-5H2,(H,14,15). The second-order valence-corrected chi connectivity index (χ2v) is 4.36. The summed E-state index contributed by atoms with van der Waals surface area (Å²) < 4.78 is 37.2. The molecule has 0 aromatic carbocycles. The summed E-state index contributed by atoms with van der Waals surface area (Å²) in [6.07, 6.45) is -2.76. The van der Waals surface area contributed by atoms with E-state index >= 15 is 0 Å². The largest absolute Gasteiger partial charge is 0.391 e. The second kappa shape index (κ2) is 5.18. The van der Waals surface area contributed by atoms with Crippen molar-refractivity contribution in [3.05, 3.63) is 0 Å². The SMILES string of the molecule is O=C(CBr)NC1CCCC(C(F)(F)F)C1. The Morgan fingerprint density at radius 3 is 2.60 bits per heavy atom. The van der Waals surface area contributed by atoms with E-state index in [9.17, 15) is 18.0 Å². The maximum Gasteiger partial charge on any atom is 0.391 e. The van der Waals surface area contributed by atoms with Crippen LogP contribution in [0, 0.1) is 5.92 Å². The third-order valence-electron chi connectivity index (χ3n) is 2.62. The van der Waals surface area contributed by atoms with Crippen LogP contribution in [-0.2, 0) is 4.79 Å². The number of hydrogen-bond donors (Lipinski definition) is 1. The zero-order valence-corrected chi connectivity index (χ0v) is 9.70. The lowest BCUT2D eigenvalue weighted by molar-refractivity contribution is -0.184. The Kier molecular flexibility index (Phi) is 4.43. The molecule has 1 fully saturated rings. The Morgan fingerprint density at radius 1 is 1.40 bits per heavy atom. The molecule has 1 amide bonds. The molecule has 1 rings (SSSR count). The summed E-state index contributed by atoms with van der Waals surface area (Å²) in [6.45, 7) is 0. The molecule has 2 unspecified atom stereocenters. The molecule has 15 heavy (non-hydrogen) atoms. The van der Waals surface area contributed by atoms with Gasteiger partial charge in [-0.3, -0.25) is 4.79 Å². The molecule has 2 nitrogen and oxygen atoms in total. The lowest BCUT2D eigenvalue weighted by Gasteiger charge is -2.30. The van der Waals surface area contributed by atoms with E-state index in [4.69, 9.17) is 0 Å². The first kappa shape index (κ1) is 12.8. The van der Waals surface area contributed by atoms with E-state index in [1.807, 2.05) is 0 Å². The smallest absolute Gasteiger partial charge is 0.353 e. The number of nitrogens with one attached hydrogen (secondary N) is 1. The van der Waals surface area contributed by atoms with Crippen molar-refractivity contribution in [2.45, 2.75) is 37.9 Å². The molecule has 0 radical (unpaired) electrons. The Hall–Kier alpha value is -0.260. The van der Waals surface area contributed by atoms with Crippen LogP contribution in [0.1, 0.15) is 25.7 Å². The Labute approximate surface area is 94.7 Å². The highest BCUT2D eigenvalue weighted by Gasteiger charge is 2.42. The predicted octanol–water partition coefficient (Wildman–Crippen LogP) is 2.62. The van der Waals surface area contributed by atoms with Gasteiger partial charge >= 0.3 is 6.18 Å². The molecule has 0 aromatic heterocycles. The molecule has 0 aromatic rings. The second-order valence-electron chi connectivity index (χ2n) is 3.80.